The molecule has 0 saturated heterocycles. The van der Waals surface area contributed by atoms with E-state index >= 15 is 0 Å². The fourth-order valence-corrected chi connectivity index (χ4v) is 4.86. The summed E-state index contributed by atoms with van der Waals surface area (Å²) in [7, 11) is 0. The van der Waals surface area contributed by atoms with Gasteiger partial charge in [-0.15, -0.1) is 0 Å². The van der Waals surface area contributed by atoms with Crippen LogP contribution in [0.1, 0.15) is 51.5 Å². The van der Waals surface area contributed by atoms with Crippen molar-refractivity contribution in [1.29, 1.82) is 0 Å². The number of hydrogen-bond acceptors (Lipinski definition) is 5. The largest absolute Gasteiger partial charge is 0.460 e. The van der Waals surface area contributed by atoms with Crippen LogP contribution < -0.4 is 11.1 Å². The quantitative estimate of drug-likeness (QED) is 0.168. The molecule has 5 aromatic rings. The predicted octanol–water partition coefficient (Wildman–Crippen LogP) is 6.50. The Balaban J connectivity index is 1.56. The standard InChI is InChI=1S/C32H26FN3O5/c1-32(2,22-9-4-3-5-10-22)35-31(38)21-8-6-7-20(16-21)24-17-25-27(18-26(24)36(39)40)41-28(29(25)30(34)37)15-19-11-13-23(33)14-12-19/h3-14,16-18H,15H2,1-2H3,(H2,34,37)(H,35,38). The normalized spacial score (nSPS) is 11.4. The van der Waals surface area contributed by atoms with Crippen molar-refractivity contribution >= 4 is 28.5 Å². The van der Waals surface area contributed by atoms with E-state index in [2.05, 4.69) is 5.32 Å². The molecule has 0 saturated carbocycles. The van der Waals surface area contributed by atoms with Gasteiger partial charge in [0.15, 0.2) is 0 Å². The second kappa shape index (κ2) is 10.7. The molecule has 8 nitrogen and oxygen atoms in total. The maximum absolute atomic E-state index is 13.4. The smallest absolute Gasteiger partial charge is 0.280 e. The van der Waals surface area contributed by atoms with E-state index in [1.807, 2.05) is 44.2 Å². The Bertz CT molecular complexity index is 1790. The van der Waals surface area contributed by atoms with Crippen LogP contribution >= 0.6 is 0 Å². The Labute approximate surface area is 234 Å². The SMILES string of the molecule is CC(C)(NC(=O)c1cccc(-c2cc3c(C(N)=O)c(Cc4ccc(F)cc4)oc3cc2[N+](=O)[O-])c1)c1ccccc1. The highest BCUT2D eigenvalue weighted by Crippen LogP contribution is 2.38. The van der Waals surface area contributed by atoms with Gasteiger partial charge in [-0.3, -0.25) is 19.7 Å². The van der Waals surface area contributed by atoms with Gasteiger partial charge in [0.2, 0.25) is 0 Å². The van der Waals surface area contributed by atoms with Gasteiger partial charge in [-0.25, -0.2) is 4.39 Å². The number of rotatable bonds is 8. The van der Waals surface area contributed by atoms with Gasteiger partial charge in [-0.2, -0.15) is 0 Å². The van der Waals surface area contributed by atoms with Crippen LogP contribution in [0.3, 0.4) is 0 Å². The lowest BCUT2D eigenvalue weighted by Gasteiger charge is -2.27. The molecule has 0 radical (unpaired) electrons. The number of nitrogens with two attached hydrogens (primary N) is 1. The summed E-state index contributed by atoms with van der Waals surface area (Å²) in [6, 6.07) is 24.4. The number of benzene rings is 4. The van der Waals surface area contributed by atoms with Gasteiger partial charge < -0.3 is 15.5 Å². The Kier molecular flexibility index (Phi) is 7.11. The van der Waals surface area contributed by atoms with Crippen LogP contribution in [0.25, 0.3) is 22.1 Å². The Hall–Kier alpha value is -5.31. The third kappa shape index (κ3) is 5.56. The Morgan fingerprint density at radius 3 is 2.34 bits per heavy atom. The molecule has 9 heteroatoms. The number of carbonyl (C=O) groups excluding carboxylic acids is 2. The average Bonchev–Trinajstić information content (AvgIpc) is 3.31. The number of nitrogens with zero attached hydrogens (tertiary/aromatic N) is 1. The molecule has 0 unspecified atom stereocenters. The fourth-order valence-electron chi connectivity index (χ4n) is 4.86. The molecule has 0 atom stereocenters. The first kappa shape index (κ1) is 27.3. The lowest BCUT2D eigenvalue weighted by atomic mass is 9.93. The Morgan fingerprint density at radius 1 is 0.976 bits per heavy atom. The van der Waals surface area contributed by atoms with Crippen LogP contribution in [0.15, 0.2) is 95.4 Å². The van der Waals surface area contributed by atoms with Crippen molar-refractivity contribution in [3.63, 3.8) is 0 Å². The molecule has 2 amide bonds. The van der Waals surface area contributed by atoms with E-state index in [4.69, 9.17) is 10.2 Å². The van der Waals surface area contributed by atoms with E-state index in [1.54, 1.807) is 36.4 Å². The highest BCUT2D eigenvalue weighted by molar-refractivity contribution is 6.08. The van der Waals surface area contributed by atoms with Crippen molar-refractivity contribution in [2.45, 2.75) is 25.8 Å². The third-order valence-electron chi connectivity index (χ3n) is 6.96. The van der Waals surface area contributed by atoms with Crippen LogP contribution in [0.2, 0.25) is 0 Å². The molecular formula is C32H26FN3O5. The number of hydrogen-bond donors (Lipinski definition) is 2. The maximum Gasteiger partial charge on any atom is 0.280 e. The van der Waals surface area contributed by atoms with Crippen LogP contribution in [0, 0.1) is 15.9 Å². The zero-order valence-corrected chi connectivity index (χ0v) is 22.3. The molecule has 5 rings (SSSR count). The first-order valence-corrected chi connectivity index (χ1v) is 12.8. The van der Waals surface area contributed by atoms with Crippen LogP contribution in [0.4, 0.5) is 10.1 Å². The van der Waals surface area contributed by atoms with Gasteiger partial charge in [0.1, 0.15) is 17.2 Å². The molecule has 0 fully saturated rings. The van der Waals surface area contributed by atoms with E-state index in [1.165, 1.54) is 24.3 Å². The molecule has 1 heterocycles. The minimum Gasteiger partial charge on any atom is -0.460 e. The number of nitrogens with one attached hydrogen (secondary N) is 1. The number of furan rings is 1. The number of halogens is 1. The Morgan fingerprint density at radius 2 is 1.68 bits per heavy atom. The zero-order valence-electron chi connectivity index (χ0n) is 22.3. The monoisotopic (exact) mass is 551 g/mol. The first-order chi connectivity index (χ1) is 19.5. The second-order valence-corrected chi connectivity index (χ2v) is 10.2. The first-order valence-electron chi connectivity index (χ1n) is 12.8. The molecular weight excluding hydrogens is 525 g/mol. The van der Waals surface area contributed by atoms with E-state index in [0.29, 0.717) is 22.1 Å². The number of nitro groups is 1. The van der Waals surface area contributed by atoms with Crippen molar-refractivity contribution in [2.75, 3.05) is 0 Å². The van der Waals surface area contributed by atoms with Crippen molar-refractivity contribution in [3.05, 3.63) is 135 Å². The molecule has 0 spiro atoms. The number of fused-ring (bicyclic) bond motifs is 1. The van der Waals surface area contributed by atoms with Gasteiger partial charge >= 0.3 is 0 Å². The van der Waals surface area contributed by atoms with Gasteiger partial charge in [0.25, 0.3) is 17.5 Å². The molecule has 0 bridgehead atoms. The highest BCUT2D eigenvalue weighted by atomic mass is 19.1. The van der Waals surface area contributed by atoms with E-state index in [0.717, 1.165) is 5.56 Å². The molecule has 206 valence electrons. The van der Waals surface area contributed by atoms with Gasteiger partial charge in [-0.05, 0) is 60.9 Å². The molecule has 41 heavy (non-hydrogen) atoms. The summed E-state index contributed by atoms with van der Waals surface area (Å²) in [5.41, 5.74) is 7.46. The van der Waals surface area contributed by atoms with Crippen molar-refractivity contribution in [3.8, 4) is 11.1 Å². The van der Waals surface area contributed by atoms with Crippen LogP contribution in [-0.4, -0.2) is 16.7 Å². The number of primary amides is 1. The summed E-state index contributed by atoms with van der Waals surface area (Å²) >= 11 is 0. The van der Waals surface area contributed by atoms with E-state index in [9.17, 15) is 24.1 Å². The highest BCUT2D eigenvalue weighted by Gasteiger charge is 2.27. The second-order valence-electron chi connectivity index (χ2n) is 10.2. The zero-order chi connectivity index (χ0) is 29.3. The van der Waals surface area contributed by atoms with Crippen molar-refractivity contribution in [1.82, 2.24) is 5.32 Å². The number of carbonyl (C=O) groups is 2. The molecule has 0 aliphatic carbocycles. The van der Waals surface area contributed by atoms with Crippen LogP contribution in [0.5, 0.6) is 0 Å². The fraction of sp³-hybridized carbons (Fsp3) is 0.125. The maximum atomic E-state index is 13.4. The number of amides is 2. The van der Waals surface area contributed by atoms with Gasteiger partial charge in [0.05, 0.1) is 27.7 Å². The minimum atomic E-state index is -0.767. The topological polar surface area (TPSA) is 128 Å². The average molecular weight is 552 g/mol. The summed E-state index contributed by atoms with van der Waals surface area (Å²) < 4.78 is 19.2. The van der Waals surface area contributed by atoms with Gasteiger partial charge in [0, 0.05) is 17.4 Å². The lowest BCUT2D eigenvalue weighted by molar-refractivity contribution is -0.384. The summed E-state index contributed by atoms with van der Waals surface area (Å²) in [5.74, 6) is -1.32. The number of nitro benzene ring substituents is 1. The predicted molar refractivity (Wildman–Crippen MR) is 153 cm³/mol. The molecule has 4 aromatic carbocycles. The van der Waals surface area contributed by atoms with E-state index < -0.39 is 22.2 Å². The van der Waals surface area contributed by atoms with Gasteiger partial charge in [-0.1, -0.05) is 54.6 Å². The summed E-state index contributed by atoms with van der Waals surface area (Å²) in [5, 5.41) is 15.4. The molecule has 0 aliphatic heterocycles. The molecule has 1 aromatic heterocycles. The summed E-state index contributed by atoms with van der Waals surface area (Å²) in [4.78, 5) is 37.3. The van der Waals surface area contributed by atoms with Crippen molar-refractivity contribution in [2.24, 2.45) is 5.73 Å². The third-order valence-corrected chi connectivity index (χ3v) is 6.96. The summed E-state index contributed by atoms with van der Waals surface area (Å²) in [6.45, 7) is 3.77. The van der Waals surface area contributed by atoms with Crippen molar-refractivity contribution < 1.29 is 23.3 Å². The van der Waals surface area contributed by atoms with E-state index in [-0.39, 0.29) is 40.5 Å². The summed E-state index contributed by atoms with van der Waals surface area (Å²) in [6.07, 6.45) is 0.128. The molecule has 3 N–H and O–H groups in total. The molecule has 0 aliphatic rings. The minimum absolute atomic E-state index is 0.0824. The van der Waals surface area contributed by atoms with Crippen LogP contribution in [-0.2, 0) is 12.0 Å². The lowest BCUT2D eigenvalue weighted by Crippen LogP contribution is -2.40.